The van der Waals surface area contributed by atoms with Crippen molar-refractivity contribution in [2.45, 2.75) is 0 Å². The molecular weight excluding hydrogens is 200 g/mol. The van der Waals surface area contributed by atoms with Crippen LogP contribution in [0.3, 0.4) is 0 Å². The summed E-state index contributed by atoms with van der Waals surface area (Å²) in [4.78, 5) is 3.31. The van der Waals surface area contributed by atoms with E-state index in [9.17, 15) is 0 Å². The molecule has 0 aliphatic heterocycles. The van der Waals surface area contributed by atoms with Crippen molar-refractivity contribution in [3.05, 3.63) is 54.0 Å². The van der Waals surface area contributed by atoms with Crippen molar-refractivity contribution >= 4 is 23.1 Å². The van der Waals surface area contributed by atoms with Gasteiger partial charge >= 0.3 is 0 Å². The first-order valence-corrected chi connectivity index (χ1v) is 5.08. The van der Waals surface area contributed by atoms with E-state index in [1.807, 2.05) is 30.4 Å². The van der Waals surface area contributed by atoms with Crippen molar-refractivity contribution in [2.75, 3.05) is 0 Å². The summed E-state index contributed by atoms with van der Waals surface area (Å²) in [6.45, 7) is 0. The Morgan fingerprint density at radius 1 is 1.12 bits per heavy atom. The van der Waals surface area contributed by atoms with Crippen LogP contribution >= 0.6 is 0 Å². The van der Waals surface area contributed by atoms with Crippen LogP contribution in [-0.4, -0.2) is 10.1 Å². The molecule has 3 aromatic rings. The lowest BCUT2D eigenvalue weighted by atomic mass is 10.2. The third kappa shape index (κ3) is 1.63. The molecule has 3 heteroatoms. The Morgan fingerprint density at radius 3 is 2.88 bits per heavy atom. The van der Waals surface area contributed by atoms with Crippen molar-refractivity contribution < 1.29 is 4.52 Å². The number of benzene rings is 1. The Balaban J connectivity index is 1.95. The van der Waals surface area contributed by atoms with Gasteiger partial charge in [-0.3, -0.25) is 0 Å². The van der Waals surface area contributed by atoms with Crippen molar-refractivity contribution in [3.8, 4) is 0 Å². The van der Waals surface area contributed by atoms with Crippen LogP contribution in [0, 0.1) is 0 Å². The number of aromatic amines is 1. The molecule has 2 heterocycles. The van der Waals surface area contributed by atoms with E-state index in [1.54, 1.807) is 6.26 Å². The van der Waals surface area contributed by atoms with E-state index >= 15 is 0 Å². The van der Waals surface area contributed by atoms with E-state index in [0.717, 1.165) is 16.9 Å². The molecule has 2 aromatic heterocycles. The van der Waals surface area contributed by atoms with Crippen LogP contribution in [0.4, 0.5) is 0 Å². The van der Waals surface area contributed by atoms with E-state index in [1.165, 1.54) is 5.39 Å². The van der Waals surface area contributed by atoms with E-state index < -0.39 is 0 Å². The summed E-state index contributed by atoms with van der Waals surface area (Å²) in [5, 5.41) is 5.02. The minimum Gasteiger partial charge on any atom is -0.364 e. The van der Waals surface area contributed by atoms with Gasteiger partial charge in [-0.05, 0) is 29.7 Å². The first kappa shape index (κ1) is 8.97. The summed E-state index contributed by atoms with van der Waals surface area (Å²) < 4.78 is 4.75. The number of nitrogens with one attached hydrogen (secondary N) is 1. The molecule has 0 saturated carbocycles. The Morgan fingerprint density at radius 2 is 2.06 bits per heavy atom. The van der Waals surface area contributed by atoms with Gasteiger partial charge in [0.25, 0.3) is 0 Å². The van der Waals surface area contributed by atoms with Gasteiger partial charge in [0.15, 0.2) is 0 Å². The summed E-state index contributed by atoms with van der Waals surface area (Å²) in [5.74, 6) is 0. The summed E-state index contributed by atoms with van der Waals surface area (Å²) in [7, 11) is 0. The monoisotopic (exact) mass is 210 g/mol. The van der Waals surface area contributed by atoms with Gasteiger partial charge in [0.1, 0.15) is 12.0 Å². The molecule has 0 fully saturated rings. The fourth-order valence-corrected chi connectivity index (χ4v) is 1.67. The SMILES string of the molecule is C(=Cc1cc2ccccc2[nH]1)c1ccon1. The second-order valence-electron chi connectivity index (χ2n) is 3.57. The molecule has 0 atom stereocenters. The van der Waals surface area contributed by atoms with E-state index in [0.29, 0.717) is 0 Å². The zero-order valence-corrected chi connectivity index (χ0v) is 8.55. The standard InChI is InChI=1S/C13H10N2O/c1-2-4-13-10(3-1)9-12(14-13)6-5-11-7-8-16-15-11/h1-9,14H. The number of H-pyrrole nitrogens is 1. The molecule has 0 radical (unpaired) electrons. The van der Waals surface area contributed by atoms with Gasteiger partial charge in [-0.25, -0.2) is 0 Å². The van der Waals surface area contributed by atoms with Crippen molar-refractivity contribution in [1.29, 1.82) is 0 Å². The third-order valence-corrected chi connectivity index (χ3v) is 2.44. The fourth-order valence-electron chi connectivity index (χ4n) is 1.67. The summed E-state index contributed by atoms with van der Waals surface area (Å²) >= 11 is 0. The van der Waals surface area contributed by atoms with E-state index in [4.69, 9.17) is 4.52 Å². The number of rotatable bonds is 2. The van der Waals surface area contributed by atoms with Crippen LogP contribution in [0.25, 0.3) is 23.1 Å². The molecule has 1 aromatic carbocycles. The highest BCUT2D eigenvalue weighted by Crippen LogP contribution is 2.16. The average Bonchev–Trinajstić information content (AvgIpc) is 2.95. The van der Waals surface area contributed by atoms with Gasteiger partial charge in [-0.1, -0.05) is 23.4 Å². The first-order valence-electron chi connectivity index (χ1n) is 5.08. The number of fused-ring (bicyclic) bond motifs is 1. The van der Waals surface area contributed by atoms with Crippen LogP contribution < -0.4 is 0 Å². The van der Waals surface area contributed by atoms with Gasteiger partial charge in [0.2, 0.25) is 0 Å². The Kier molecular flexibility index (Phi) is 2.07. The maximum absolute atomic E-state index is 4.75. The topological polar surface area (TPSA) is 41.8 Å². The first-order chi connectivity index (χ1) is 7.92. The minimum atomic E-state index is 0.818. The van der Waals surface area contributed by atoms with Crippen LogP contribution in [-0.2, 0) is 0 Å². The molecule has 0 saturated heterocycles. The quantitative estimate of drug-likeness (QED) is 0.704. The van der Waals surface area contributed by atoms with E-state index in [-0.39, 0.29) is 0 Å². The van der Waals surface area contributed by atoms with Crippen LogP contribution in [0.1, 0.15) is 11.4 Å². The largest absolute Gasteiger partial charge is 0.364 e. The molecule has 78 valence electrons. The molecule has 0 unspecified atom stereocenters. The summed E-state index contributed by atoms with van der Waals surface area (Å²) in [5.41, 5.74) is 3.02. The van der Waals surface area contributed by atoms with Crippen molar-refractivity contribution in [2.24, 2.45) is 0 Å². The molecule has 0 amide bonds. The normalized spacial score (nSPS) is 11.5. The number of para-hydroxylation sites is 1. The second-order valence-corrected chi connectivity index (χ2v) is 3.57. The molecule has 1 N–H and O–H groups in total. The molecule has 0 spiro atoms. The van der Waals surface area contributed by atoms with Crippen LogP contribution in [0.5, 0.6) is 0 Å². The molecule has 3 nitrogen and oxygen atoms in total. The molecule has 3 rings (SSSR count). The van der Waals surface area contributed by atoms with Gasteiger partial charge in [0.05, 0.1) is 0 Å². The van der Waals surface area contributed by atoms with Crippen molar-refractivity contribution in [3.63, 3.8) is 0 Å². The van der Waals surface area contributed by atoms with Crippen molar-refractivity contribution in [1.82, 2.24) is 10.1 Å². The maximum Gasteiger partial charge on any atom is 0.124 e. The molecule has 16 heavy (non-hydrogen) atoms. The average molecular weight is 210 g/mol. The van der Waals surface area contributed by atoms with Gasteiger partial charge in [-0.15, -0.1) is 0 Å². The number of nitrogens with zero attached hydrogens (tertiary/aromatic N) is 1. The number of hydrogen-bond donors (Lipinski definition) is 1. The Hall–Kier alpha value is -2.29. The highest BCUT2D eigenvalue weighted by atomic mass is 16.5. The lowest BCUT2D eigenvalue weighted by molar-refractivity contribution is 0.418. The van der Waals surface area contributed by atoms with E-state index in [2.05, 4.69) is 28.3 Å². The molecule has 0 aliphatic rings. The number of hydrogen-bond acceptors (Lipinski definition) is 2. The minimum absolute atomic E-state index is 0.818. The van der Waals surface area contributed by atoms with Gasteiger partial charge in [-0.2, -0.15) is 0 Å². The number of aromatic nitrogens is 2. The predicted molar refractivity (Wildman–Crippen MR) is 63.7 cm³/mol. The summed E-state index contributed by atoms with van der Waals surface area (Å²) in [6.07, 6.45) is 5.46. The smallest absolute Gasteiger partial charge is 0.124 e. The highest BCUT2D eigenvalue weighted by molar-refractivity contribution is 5.84. The maximum atomic E-state index is 4.75. The van der Waals surface area contributed by atoms with Gasteiger partial charge in [0, 0.05) is 17.3 Å². The highest BCUT2D eigenvalue weighted by Gasteiger charge is 1.96. The summed E-state index contributed by atoms with van der Waals surface area (Å²) in [6, 6.07) is 12.1. The lowest BCUT2D eigenvalue weighted by Crippen LogP contribution is -1.70. The van der Waals surface area contributed by atoms with Crippen LogP contribution in [0.15, 0.2) is 47.2 Å². The lowest BCUT2D eigenvalue weighted by Gasteiger charge is -1.84. The Labute approximate surface area is 92.4 Å². The predicted octanol–water partition coefficient (Wildman–Crippen LogP) is 3.33. The Bertz CT molecular complexity index is 587. The van der Waals surface area contributed by atoms with Gasteiger partial charge < -0.3 is 9.51 Å². The zero-order chi connectivity index (χ0) is 10.8. The molecular formula is C13H10N2O. The fraction of sp³-hybridized carbons (Fsp3) is 0. The third-order valence-electron chi connectivity index (χ3n) is 2.44. The van der Waals surface area contributed by atoms with Crippen LogP contribution in [0.2, 0.25) is 0 Å². The molecule has 0 bridgehead atoms. The zero-order valence-electron chi connectivity index (χ0n) is 8.55. The second kappa shape index (κ2) is 3.70. The molecule has 0 aliphatic carbocycles.